The van der Waals surface area contributed by atoms with Crippen molar-refractivity contribution in [1.29, 1.82) is 0 Å². The molecular formula is C12H17BrN2. The molecule has 2 rings (SSSR count). The van der Waals surface area contributed by atoms with Gasteiger partial charge in [-0.1, -0.05) is 6.92 Å². The molecule has 2 heterocycles. The summed E-state index contributed by atoms with van der Waals surface area (Å²) in [5.41, 5.74) is 1.64. The quantitative estimate of drug-likeness (QED) is 0.912. The molecule has 0 bridgehead atoms. The summed E-state index contributed by atoms with van der Waals surface area (Å²) in [6, 6.07) is 2.17. The first-order valence-corrected chi connectivity index (χ1v) is 6.38. The van der Waals surface area contributed by atoms with Crippen LogP contribution < -0.4 is 5.32 Å². The van der Waals surface area contributed by atoms with E-state index in [1.165, 1.54) is 24.8 Å². The van der Waals surface area contributed by atoms with E-state index < -0.39 is 0 Å². The van der Waals surface area contributed by atoms with Gasteiger partial charge in [0, 0.05) is 22.4 Å². The Hall–Kier alpha value is -0.410. The second-order valence-electron chi connectivity index (χ2n) is 4.35. The number of hydrogen-bond acceptors (Lipinski definition) is 2. The number of aromatic nitrogens is 1. The van der Waals surface area contributed by atoms with Gasteiger partial charge in [-0.3, -0.25) is 4.98 Å². The van der Waals surface area contributed by atoms with Crippen LogP contribution in [0.25, 0.3) is 0 Å². The predicted molar refractivity (Wildman–Crippen MR) is 65.9 cm³/mol. The summed E-state index contributed by atoms with van der Waals surface area (Å²) < 4.78 is 1.07. The van der Waals surface area contributed by atoms with Crippen molar-refractivity contribution in [2.45, 2.75) is 38.1 Å². The molecule has 0 radical (unpaired) electrons. The maximum atomic E-state index is 4.22. The largest absolute Gasteiger partial charge is 0.311 e. The van der Waals surface area contributed by atoms with Crippen molar-refractivity contribution >= 4 is 15.9 Å². The lowest BCUT2D eigenvalue weighted by Gasteiger charge is -2.28. The molecule has 82 valence electrons. The van der Waals surface area contributed by atoms with Crippen LogP contribution in [0.1, 0.15) is 31.7 Å². The highest BCUT2D eigenvalue weighted by atomic mass is 79.9. The van der Waals surface area contributed by atoms with Crippen molar-refractivity contribution in [3.05, 3.63) is 28.5 Å². The van der Waals surface area contributed by atoms with Gasteiger partial charge >= 0.3 is 0 Å². The zero-order valence-corrected chi connectivity index (χ0v) is 10.7. The molecular weight excluding hydrogens is 252 g/mol. The lowest BCUT2D eigenvalue weighted by molar-refractivity contribution is 0.359. The summed E-state index contributed by atoms with van der Waals surface area (Å²) in [5.74, 6) is 0. The molecule has 0 saturated carbocycles. The van der Waals surface area contributed by atoms with Gasteiger partial charge in [0.2, 0.25) is 0 Å². The molecule has 1 atom stereocenters. The minimum atomic E-state index is 0.322. The van der Waals surface area contributed by atoms with Crippen LogP contribution in [0.2, 0.25) is 0 Å². The number of halogens is 1. The van der Waals surface area contributed by atoms with Crippen molar-refractivity contribution < 1.29 is 0 Å². The third-order valence-electron chi connectivity index (χ3n) is 3.31. The Morgan fingerprint density at radius 2 is 2.40 bits per heavy atom. The Kier molecular flexibility index (Phi) is 3.42. The Morgan fingerprint density at radius 1 is 1.53 bits per heavy atom. The normalized spacial score (nSPS) is 25.7. The summed E-state index contributed by atoms with van der Waals surface area (Å²) in [7, 11) is 0. The number of nitrogens with zero attached hydrogens (tertiary/aromatic N) is 1. The fourth-order valence-electron chi connectivity index (χ4n) is 2.39. The van der Waals surface area contributed by atoms with Crippen LogP contribution in [0, 0.1) is 0 Å². The lowest BCUT2D eigenvalue weighted by Crippen LogP contribution is -2.41. The molecule has 0 aliphatic carbocycles. The van der Waals surface area contributed by atoms with E-state index >= 15 is 0 Å². The third kappa shape index (κ3) is 2.58. The van der Waals surface area contributed by atoms with E-state index in [1.807, 2.05) is 12.4 Å². The molecule has 1 N–H and O–H groups in total. The first kappa shape index (κ1) is 11.1. The fourth-order valence-corrected chi connectivity index (χ4v) is 2.80. The van der Waals surface area contributed by atoms with Crippen LogP contribution in [0.5, 0.6) is 0 Å². The standard InChI is InChI=1S/C12H17BrN2/c1-2-12(4-3-5-15-12)7-10-6-11(13)9-14-8-10/h6,8-9,15H,2-5,7H2,1H3. The highest BCUT2D eigenvalue weighted by molar-refractivity contribution is 9.10. The van der Waals surface area contributed by atoms with Gasteiger partial charge in [0.15, 0.2) is 0 Å². The van der Waals surface area contributed by atoms with Gasteiger partial charge in [0.05, 0.1) is 0 Å². The van der Waals surface area contributed by atoms with E-state index in [-0.39, 0.29) is 0 Å². The van der Waals surface area contributed by atoms with Crippen molar-refractivity contribution in [3.8, 4) is 0 Å². The minimum absolute atomic E-state index is 0.322. The molecule has 1 fully saturated rings. The van der Waals surface area contributed by atoms with Crippen LogP contribution >= 0.6 is 15.9 Å². The molecule has 3 heteroatoms. The highest BCUT2D eigenvalue weighted by Gasteiger charge is 2.31. The second kappa shape index (κ2) is 4.62. The smallest absolute Gasteiger partial charge is 0.0410 e. The minimum Gasteiger partial charge on any atom is -0.311 e. The van der Waals surface area contributed by atoms with Crippen LogP contribution in [0.15, 0.2) is 22.9 Å². The molecule has 1 aromatic heterocycles. The van der Waals surface area contributed by atoms with E-state index in [1.54, 1.807) is 0 Å². The Bertz CT molecular complexity index is 332. The van der Waals surface area contributed by atoms with E-state index in [0.29, 0.717) is 5.54 Å². The lowest BCUT2D eigenvalue weighted by atomic mass is 9.87. The summed E-state index contributed by atoms with van der Waals surface area (Å²) in [4.78, 5) is 4.22. The summed E-state index contributed by atoms with van der Waals surface area (Å²) in [5, 5.41) is 3.64. The van der Waals surface area contributed by atoms with Crippen LogP contribution in [0.4, 0.5) is 0 Å². The molecule has 1 saturated heterocycles. The number of pyridine rings is 1. The number of rotatable bonds is 3. The van der Waals surface area contributed by atoms with Crippen LogP contribution in [0.3, 0.4) is 0 Å². The average molecular weight is 269 g/mol. The third-order valence-corrected chi connectivity index (χ3v) is 3.75. The molecule has 0 spiro atoms. The Labute approximate surface area is 99.6 Å². The van der Waals surface area contributed by atoms with Gasteiger partial charge in [-0.05, 0) is 59.8 Å². The summed E-state index contributed by atoms with van der Waals surface area (Å²) in [6.07, 6.45) is 8.69. The Morgan fingerprint density at radius 3 is 3.00 bits per heavy atom. The topological polar surface area (TPSA) is 24.9 Å². The SMILES string of the molecule is CCC1(Cc2cncc(Br)c2)CCCN1. The molecule has 1 aliphatic heterocycles. The molecule has 2 nitrogen and oxygen atoms in total. The number of nitrogens with one attached hydrogen (secondary N) is 1. The van der Waals surface area contributed by atoms with Crippen molar-refractivity contribution in [1.82, 2.24) is 10.3 Å². The van der Waals surface area contributed by atoms with E-state index in [4.69, 9.17) is 0 Å². The second-order valence-corrected chi connectivity index (χ2v) is 5.27. The summed E-state index contributed by atoms with van der Waals surface area (Å²) in [6.45, 7) is 3.43. The van der Waals surface area contributed by atoms with Crippen molar-refractivity contribution in [2.24, 2.45) is 0 Å². The maximum Gasteiger partial charge on any atom is 0.0410 e. The van der Waals surface area contributed by atoms with Gasteiger partial charge in [-0.25, -0.2) is 0 Å². The van der Waals surface area contributed by atoms with E-state index in [2.05, 4.69) is 39.2 Å². The first-order chi connectivity index (χ1) is 7.24. The van der Waals surface area contributed by atoms with Crippen molar-refractivity contribution in [3.63, 3.8) is 0 Å². The molecule has 1 aromatic rings. The van der Waals surface area contributed by atoms with Gasteiger partial charge in [-0.15, -0.1) is 0 Å². The zero-order chi connectivity index (χ0) is 10.7. The van der Waals surface area contributed by atoms with E-state index in [0.717, 1.165) is 17.4 Å². The maximum absolute atomic E-state index is 4.22. The molecule has 0 amide bonds. The highest BCUT2D eigenvalue weighted by Crippen LogP contribution is 2.27. The molecule has 0 aromatic carbocycles. The zero-order valence-electron chi connectivity index (χ0n) is 9.09. The molecule has 1 aliphatic rings. The molecule has 15 heavy (non-hydrogen) atoms. The average Bonchev–Trinajstić information content (AvgIpc) is 2.67. The van der Waals surface area contributed by atoms with Gasteiger partial charge in [0.1, 0.15) is 0 Å². The number of hydrogen-bond donors (Lipinski definition) is 1. The van der Waals surface area contributed by atoms with Crippen molar-refractivity contribution in [2.75, 3.05) is 6.54 Å². The predicted octanol–water partition coefficient (Wildman–Crippen LogP) is 2.92. The van der Waals surface area contributed by atoms with Gasteiger partial charge in [0.25, 0.3) is 0 Å². The van der Waals surface area contributed by atoms with Crippen LogP contribution in [-0.4, -0.2) is 17.1 Å². The van der Waals surface area contributed by atoms with Gasteiger partial charge < -0.3 is 5.32 Å². The Balaban J connectivity index is 2.12. The monoisotopic (exact) mass is 268 g/mol. The van der Waals surface area contributed by atoms with Gasteiger partial charge in [-0.2, -0.15) is 0 Å². The summed E-state index contributed by atoms with van der Waals surface area (Å²) >= 11 is 3.47. The first-order valence-electron chi connectivity index (χ1n) is 5.58. The van der Waals surface area contributed by atoms with E-state index in [9.17, 15) is 0 Å². The molecule has 1 unspecified atom stereocenters. The fraction of sp³-hybridized carbons (Fsp3) is 0.583. The van der Waals surface area contributed by atoms with Crippen LogP contribution in [-0.2, 0) is 6.42 Å².